The van der Waals surface area contributed by atoms with Gasteiger partial charge in [-0.1, -0.05) is 15.9 Å². The zero-order chi connectivity index (χ0) is 10.0. The lowest BCUT2D eigenvalue weighted by atomic mass is 10.1. The summed E-state index contributed by atoms with van der Waals surface area (Å²) in [6.45, 7) is 1.55. The van der Waals surface area contributed by atoms with Gasteiger partial charge in [-0.2, -0.15) is 0 Å². The highest BCUT2D eigenvalue weighted by Gasteiger charge is 2.11. The van der Waals surface area contributed by atoms with Crippen molar-refractivity contribution in [3.8, 4) is 5.75 Å². The van der Waals surface area contributed by atoms with Crippen molar-refractivity contribution in [2.45, 2.75) is 6.92 Å². The SMILES string of the molecule is COc1cc(Br)cc(C(C)=O)c1I. The van der Waals surface area contributed by atoms with Crippen LogP contribution in [0.25, 0.3) is 0 Å². The summed E-state index contributed by atoms with van der Waals surface area (Å²) in [7, 11) is 1.59. The van der Waals surface area contributed by atoms with Crippen LogP contribution < -0.4 is 4.74 Å². The molecule has 0 atom stereocenters. The molecule has 13 heavy (non-hydrogen) atoms. The summed E-state index contributed by atoms with van der Waals surface area (Å²) < 4.78 is 6.84. The molecule has 0 amide bonds. The van der Waals surface area contributed by atoms with Crippen LogP contribution in [0.1, 0.15) is 17.3 Å². The minimum absolute atomic E-state index is 0.0454. The molecule has 0 heterocycles. The van der Waals surface area contributed by atoms with Gasteiger partial charge >= 0.3 is 0 Å². The Morgan fingerprint density at radius 3 is 2.62 bits per heavy atom. The molecule has 0 aliphatic carbocycles. The quantitative estimate of drug-likeness (QED) is 0.602. The maximum absolute atomic E-state index is 11.2. The molecule has 0 aliphatic rings. The molecule has 0 bridgehead atoms. The number of ketones is 1. The number of halogens is 2. The molecule has 0 unspecified atom stereocenters. The van der Waals surface area contributed by atoms with Gasteiger partial charge < -0.3 is 4.74 Å². The van der Waals surface area contributed by atoms with Crippen LogP contribution in [0.5, 0.6) is 5.75 Å². The third kappa shape index (κ3) is 2.43. The van der Waals surface area contributed by atoms with Gasteiger partial charge in [0.15, 0.2) is 5.78 Å². The van der Waals surface area contributed by atoms with Gasteiger partial charge in [0.25, 0.3) is 0 Å². The number of carbonyl (C=O) groups excluding carboxylic acids is 1. The largest absolute Gasteiger partial charge is 0.496 e. The first-order valence-corrected chi connectivity index (χ1v) is 5.47. The number of ether oxygens (including phenoxy) is 1. The predicted molar refractivity (Wildman–Crippen MR) is 63.4 cm³/mol. The van der Waals surface area contributed by atoms with Crippen LogP contribution in [-0.2, 0) is 0 Å². The van der Waals surface area contributed by atoms with E-state index < -0.39 is 0 Å². The van der Waals surface area contributed by atoms with Crippen LogP contribution in [0.4, 0.5) is 0 Å². The Balaban J connectivity index is 3.35. The Kier molecular flexibility index (Phi) is 3.73. The maximum atomic E-state index is 11.2. The normalized spacial score (nSPS) is 9.85. The van der Waals surface area contributed by atoms with Gasteiger partial charge in [0.05, 0.1) is 10.7 Å². The van der Waals surface area contributed by atoms with Crippen molar-refractivity contribution in [3.63, 3.8) is 0 Å². The lowest BCUT2D eigenvalue weighted by molar-refractivity contribution is 0.101. The number of rotatable bonds is 2. The fraction of sp³-hybridized carbons (Fsp3) is 0.222. The van der Waals surface area contributed by atoms with Gasteiger partial charge in [0, 0.05) is 10.0 Å². The molecule has 0 aliphatic heterocycles. The van der Waals surface area contributed by atoms with E-state index in [1.807, 2.05) is 6.07 Å². The van der Waals surface area contributed by atoms with Gasteiger partial charge in [0.1, 0.15) is 5.75 Å². The van der Waals surface area contributed by atoms with Crippen LogP contribution in [0.3, 0.4) is 0 Å². The highest BCUT2D eigenvalue weighted by atomic mass is 127. The average Bonchev–Trinajstić information content (AvgIpc) is 2.08. The zero-order valence-corrected chi connectivity index (χ0v) is 11.0. The minimum Gasteiger partial charge on any atom is -0.496 e. The fourth-order valence-electron chi connectivity index (χ4n) is 0.969. The Morgan fingerprint density at radius 2 is 2.15 bits per heavy atom. The van der Waals surface area contributed by atoms with Gasteiger partial charge in [-0.3, -0.25) is 4.79 Å². The van der Waals surface area contributed by atoms with Crippen LogP contribution >= 0.6 is 38.5 Å². The van der Waals surface area contributed by atoms with Crippen LogP contribution in [0.2, 0.25) is 0 Å². The Labute approximate surface area is 98.9 Å². The minimum atomic E-state index is 0.0454. The number of hydrogen-bond acceptors (Lipinski definition) is 2. The first-order chi connectivity index (χ1) is 6.06. The van der Waals surface area contributed by atoms with Gasteiger partial charge in [-0.25, -0.2) is 0 Å². The van der Waals surface area contributed by atoms with E-state index in [0.717, 1.165) is 13.8 Å². The predicted octanol–water partition coefficient (Wildman–Crippen LogP) is 3.26. The average molecular weight is 355 g/mol. The molecule has 0 saturated carbocycles. The second-order valence-corrected chi connectivity index (χ2v) is 4.52. The number of benzene rings is 1. The van der Waals surface area contributed by atoms with Crippen molar-refractivity contribution < 1.29 is 9.53 Å². The van der Waals surface area contributed by atoms with E-state index in [9.17, 15) is 4.79 Å². The zero-order valence-electron chi connectivity index (χ0n) is 7.23. The summed E-state index contributed by atoms with van der Waals surface area (Å²) in [4.78, 5) is 11.2. The molecule has 1 aromatic rings. The third-order valence-electron chi connectivity index (χ3n) is 1.60. The summed E-state index contributed by atoms with van der Waals surface area (Å²) in [6.07, 6.45) is 0. The lowest BCUT2D eigenvalue weighted by Gasteiger charge is -2.07. The Hall–Kier alpha value is -0.100. The molecule has 0 aromatic heterocycles. The molecular weight excluding hydrogens is 347 g/mol. The van der Waals surface area contributed by atoms with E-state index in [4.69, 9.17) is 4.74 Å². The van der Waals surface area contributed by atoms with Gasteiger partial charge in [0.2, 0.25) is 0 Å². The monoisotopic (exact) mass is 354 g/mol. The van der Waals surface area contributed by atoms with Crippen LogP contribution in [0.15, 0.2) is 16.6 Å². The Morgan fingerprint density at radius 1 is 1.54 bits per heavy atom. The van der Waals surface area contributed by atoms with E-state index in [2.05, 4.69) is 38.5 Å². The smallest absolute Gasteiger partial charge is 0.161 e. The molecule has 2 nitrogen and oxygen atoms in total. The number of methoxy groups -OCH3 is 1. The first kappa shape index (κ1) is 11.0. The van der Waals surface area contributed by atoms with Crippen molar-refractivity contribution in [2.75, 3.05) is 7.11 Å². The van der Waals surface area contributed by atoms with E-state index >= 15 is 0 Å². The molecule has 70 valence electrons. The van der Waals surface area contributed by atoms with E-state index in [-0.39, 0.29) is 5.78 Å². The number of carbonyl (C=O) groups is 1. The summed E-state index contributed by atoms with van der Waals surface area (Å²) in [5.41, 5.74) is 0.687. The van der Waals surface area contributed by atoms with Crippen molar-refractivity contribution in [2.24, 2.45) is 0 Å². The van der Waals surface area contributed by atoms with Crippen LogP contribution in [0, 0.1) is 3.57 Å². The topological polar surface area (TPSA) is 26.3 Å². The van der Waals surface area contributed by atoms with Crippen molar-refractivity contribution in [1.29, 1.82) is 0 Å². The van der Waals surface area contributed by atoms with E-state index in [1.54, 1.807) is 20.1 Å². The molecule has 1 aromatic carbocycles. The second-order valence-electron chi connectivity index (χ2n) is 2.53. The van der Waals surface area contributed by atoms with Gasteiger partial charge in [-0.05, 0) is 41.6 Å². The molecular formula is C9H8BrIO2. The molecule has 4 heteroatoms. The summed E-state index contributed by atoms with van der Waals surface area (Å²) in [6, 6.07) is 3.64. The third-order valence-corrected chi connectivity index (χ3v) is 3.17. The van der Waals surface area contributed by atoms with E-state index in [0.29, 0.717) is 5.56 Å². The van der Waals surface area contributed by atoms with Crippen molar-refractivity contribution >= 4 is 44.3 Å². The molecule has 0 saturated heterocycles. The van der Waals surface area contributed by atoms with Gasteiger partial charge in [-0.15, -0.1) is 0 Å². The molecule has 0 spiro atoms. The summed E-state index contributed by atoms with van der Waals surface area (Å²) in [5.74, 6) is 0.768. The van der Waals surface area contributed by atoms with Crippen molar-refractivity contribution in [3.05, 3.63) is 25.7 Å². The molecule has 1 rings (SSSR count). The highest BCUT2D eigenvalue weighted by Crippen LogP contribution is 2.29. The molecule has 0 N–H and O–H groups in total. The van der Waals surface area contributed by atoms with Crippen molar-refractivity contribution in [1.82, 2.24) is 0 Å². The standard InChI is InChI=1S/C9H8BrIO2/c1-5(12)7-3-6(10)4-8(13-2)9(7)11/h3-4H,1-2H3. The lowest BCUT2D eigenvalue weighted by Crippen LogP contribution is -1.98. The number of hydrogen-bond donors (Lipinski definition) is 0. The second kappa shape index (κ2) is 4.41. The fourth-order valence-corrected chi connectivity index (χ4v) is 2.32. The maximum Gasteiger partial charge on any atom is 0.161 e. The highest BCUT2D eigenvalue weighted by molar-refractivity contribution is 14.1. The molecule has 0 fully saturated rings. The first-order valence-electron chi connectivity index (χ1n) is 3.60. The summed E-state index contributed by atoms with van der Waals surface area (Å²) in [5, 5.41) is 0. The van der Waals surface area contributed by atoms with Crippen LogP contribution in [-0.4, -0.2) is 12.9 Å². The Bertz CT molecular complexity index is 350. The number of Topliss-reactive ketones (excluding diaryl/α,β-unsaturated/α-hetero) is 1. The molecule has 0 radical (unpaired) electrons. The summed E-state index contributed by atoms with van der Waals surface area (Å²) >= 11 is 5.43. The van der Waals surface area contributed by atoms with E-state index in [1.165, 1.54) is 0 Å².